The molecule has 0 aliphatic rings. The largest absolute Gasteiger partial charge is 0.313 e. The molecule has 1 N–H and O–H groups in total. The maximum absolute atomic E-state index is 3.96. The van der Waals surface area contributed by atoms with Crippen LogP contribution >= 0.6 is 11.8 Å². The summed E-state index contributed by atoms with van der Waals surface area (Å²) in [5, 5.41) is 3.96. The molecule has 0 atom stereocenters. The van der Waals surface area contributed by atoms with E-state index in [0.29, 0.717) is 0 Å². The Bertz CT molecular complexity index is 80.5. The summed E-state index contributed by atoms with van der Waals surface area (Å²) in [7, 11) is 1.81. The van der Waals surface area contributed by atoms with Gasteiger partial charge in [-0.25, -0.2) is 0 Å². The molecule has 0 fully saturated rings. The molecule has 0 aromatic carbocycles. The van der Waals surface area contributed by atoms with Crippen LogP contribution < -0.4 is 5.43 Å². The van der Waals surface area contributed by atoms with Crippen LogP contribution in [0.2, 0.25) is 0 Å². The molecule has 0 radical (unpaired) electrons. The molecule has 0 aliphatic heterocycles. The third kappa shape index (κ3) is 3.99. The second kappa shape index (κ2) is 4.97. The fourth-order valence-electron chi connectivity index (χ4n) is 0.432. The molecule has 0 bridgehead atoms. The maximum Gasteiger partial charge on any atom is 0.0446 e. The van der Waals surface area contributed by atoms with Gasteiger partial charge in [0.15, 0.2) is 0 Å². The van der Waals surface area contributed by atoms with Gasteiger partial charge in [-0.15, -0.1) is 0 Å². The Morgan fingerprint density at radius 1 is 1.75 bits per heavy atom. The van der Waals surface area contributed by atoms with Crippen molar-refractivity contribution in [1.82, 2.24) is 5.43 Å². The SMILES string of the molecule is CNN=C(C)CSC. The van der Waals surface area contributed by atoms with Gasteiger partial charge in [-0.05, 0) is 13.2 Å². The standard InChI is InChI=1S/C5H12N2S/c1-5(4-8-3)7-6-2/h6H,4H2,1-3H3. The summed E-state index contributed by atoms with van der Waals surface area (Å²) in [4.78, 5) is 0. The molecule has 0 rings (SSSR count). The van der Waals surface area contributed by atoms with Crippen molar-refractivity contribution in [2.24, 2.45) is 5.10 Å². The molecule has 8 heavy (non-hydrogen) atoms. The van der Waals surface area contributed by atoms with Crippen molar-refractivity contribution in [3.05, 3.63) is 0 Å². The highest BCUT2D eigenvalue weighted by molar-refractivity contribution is 7.99. The minimum absolute atomic E-state index is 1.01. The summed E-state index contributed by atoms with van der Waals surface area (Å²) in [6, 6.07) is 0. The minimum Gasteiger partial charge on any atom is -0.313 e. The fourth-order valence-corrected chi connectivity index (χ4v) is 0.914. The van der Waals surface area contributed by atoms with Gasteiger partial charge >= 0.3 is 0 Å². The first kappa shape index (κ1) is 7.82. The Labute approximate surface area is 54.7 Å². The maximum atomic E-state index is 3.96. The Kier molecular flexibility index (Phi) is 4.85. The number of nitrogens with one attached hydrogen (secondary N) is 1. The number of rotatable bonds is 3. The summed E-state index contributed by atoms with van der Waals surface area (Å²) >= 11 is 1.78. The van der Waals surface area contributed by atoms with E-state index < -0.39 is 0 Å². The second-order valence-corrected chi connectivity index (χ2v) is 2.37. The van der Waals surface area contributed by atoms with Crippen LogP contribution in [0.1, 0.15) is 6.92 Å². The molecular formula is C5H12N2S. The van der Waals surface area contributed by atoms with Gasteiger partial charge in [-0.1, -0.05) is 0 Å². The lowest BCUT2D eigenvalue weighted by Crippen LogP contribution is -2.03. The first-order valence-electron chi connectivity index (χ1n) is 2.50. The lowest BCUT2D eigenvalue weighted by Gasteiger charge is -1.93. The van der Waals surface area contributed by atoms with E-state index in [9.17, 15) is 0 Å². The molecule has 0 aromatic rings. The molecule has 0 saturated carbocycles. The number of nitrogens with zero attached hydrogens (tertiary/aromatic N) is 1. The zero-order valence-corrected chi connectivity index (χ0v) is 6.38. The van der Waals surface area contributed by atoms with E-state index in [2.05, 4.69) is 16.8 Å². The van der Waals surface area contributed by atoms with E-state index in [1.807, 2.05) is 14.0 Å². The second-order valence-electron chi connectivity index (χ2n) is 1.50. The highest BCUT2D eigenvalue weighted by Crippen LogP contribution is 1.91. The molecular weight excluding hydrogens is 120 g/mol. The third-order valence-electron chi connectivity index (χ3n) is 0.656. The smallest absolute Gasteiger partial charge is 0.0446 e. The third-order valence-corrected chi connectivity index (χ3v) is 1.36. The first-order chi connectivity index (χ1) is 3.81. The van der Waals surface area contributed by atoms with E-state index in [-0.39, 0.29) is 0 Å². The molecule has 0 heterocycles. The van der Waals surface area contributed by atoms with Crippen molar-refractivity contribution in [3.8, 4) is 0 Å². The highest BCUT2D eigenvalue weighted by Gasteiger charge is 1.84. The lowest BCUT2D eigenvalue weighted by molar-refractivity contribution is 0.898. The number of thioether (sulfide) groups is 1. The monoisotopic (exact) mass is 132 g/mol. The zero-order chi connectivity index (χ0) is 6.41. The Morgan fingerprint density at radius 3 is 2.75 bits per heavy atom. The normalized spacial score (nSPS) is 11.6. The predicted molar refractivity (Wildman–Crippen MR) is 40.6 cm³/mol. The van der Waals surface area contributed by atoms with Gasteiger partial charge in [0, 0.05) is 18.5 Å². The van der Waals surface area contributed by atoms with Crippen molar-refractivity contribution in [1.29, 1.82) is 0 Å². The highest BCUT2D eigenvalue weighted by atomic mass is 32.2. The summed E-state index contributed by atoms with van der Waals surface area (Å²) in [6.45, 7) is 2.01. The topological polar surface area (TPSA) is 24.4 Å². The quantitative estimate of drug-likeness (QED) is 0.456. The van der Waals surface area contributed by atoms with E-state index >= 15 is 0 Å². The van der Waals surface area contributed by atoms with Gasteiger partial charge in [-0.3, -0.25) is 0 Å². The van der Waals surface area contributed by atoms with Crippen molar-refractivity contribution in [3.63, 3.8) is 0 Å². The predicted octanol–water partition coefficient (Wildman–Crippen LogP) is 0.945. The summed E-state index contributed by atoms with van der Waals surface area (Å²) in [5.41, 5.74) is 3.87. The van der Waals surface area contributed by atoms with Crippen LogP contribution in [0.3, 0.4) is 0 Å². The average molecular weight is 132 g/mol. The summed E-state index contributed by atoms with van der Waals surface area (Å²) in [5.74, 6) is 1.01. The van der Waals surface area contributed by atoms with Crippen molar-refractivity contribution in [2.75, 3.05) is 19.1 Å². The Balaban J connectivity index is 3.29. The Morgan fingerprint density at radius 2 is 2.38 bits per heavy atom. The van der Waals surface area contributed by atoms with E-state index in [4.69, 9.17) is 0 Å². The van der Waals surface area contributed by atoms with Crippen molar-refractivity contribution >= 4 is 17.5 Å². The molecule has 0 saturated heterocycles. The molecule has 0 aromatic heterocycles. The zero-order valence-electron chi connectivity index (χ0n) is 5.56. The van der Waals surface area contributed by atoms with Gasteiger partial charge in [-0.2, -0.15) is 16.9 Å². The van der Waals surface area contributed by atoms with Crippen LogP contribution in [-0.4, -0.2) is 24.8 Å². The van der Waals surface area contributed by atoms with Gasteiger partial charge < -0.3 is 5.43 Å². The number of hydrazone groups is 1. The van der Waals surface area contributed by atoms with Crippen LogP contribution in [0.15, 0.2) is 5.10 Å². The van der Waals surface area contributed by atoms with Gasteiger partial charge in [0.25, 0.3) is 0 Å². The molecule has 0 aliphatic carbocycles. The summed E-state index contributed by atoms with van der Waals surface area (Å²) < 4.78 is 0. The van der Waals surface area contributed by atoms with Crippen LogP contribution in [0.25, 0.3) is 0 Å². The summed E-state index contributed by atoms with van der Waals surface area (Å²) in [6.07, 6.45) is 2.06. The van der Waals surface area contributed by atoms with E-state index in [0.717, 1.165) is 11.5 Å². The van der Waals surface area contributed by atoms with Crippen LogP contribution in [0.5, 0.6) is 0 Å². The average Bonchev–Trinajstić information content (AvgIpc) is 1.68. The van der Waals surface area contributed by atoms with Gasteiger partial charge in [0.1, 0.15) is 0 Å². The van der Waals surface area contributed by atoms with Crippen molar-refractivity contribution < 1.29 is 0 Å². The molecule has 3 heteroatoms. The minimum atomic E-state index is 1.01. The molecule has 0 amide bonds. The van der Waals surface area contributed by atoms with E-state index in [1.54, 1.807) is 11.8 Å². The molecule has 0 spiro atoms. The first-order valence-corrected chi connectivity index (χ1v) is 3.89. The fraction of sp³-hybridized carbons (Fsp3) is 0.800. The van der Waals surface area contributed by atoms with Crippen LogP contribution in [0, 0.1) is 0 Å². The number of hydrogen-bond donors (Lipinski definition) is 1. The van der Waals surface area contributed by atoms with Gasteiger partial charge in [0.05, 0.1) is 0 Å². The lowest BCUT2D eigenvalue weighted by atomic mass is 10.5. The van der Waals surface area contributed by atoms with Gasteiger partial charge in [0.2, 0.25) is 0 Å². The van der Waals surface area contributed by atoms with Crippen LogP contribution in [-0.2, 0) is 0 Å². The molecule has 2 nitrogen and oxygen atoms in total. The van der Waals surface area contributed by atoms with Crippen molar-refractivity contribution in [2.45, 2.75) is 6.92 Å². The molecule has 0 unspecified atom stereocenters. The Hall–Kier alpha value is -0.180. The number of hydrogen-bond acceptors (Lipinski definition) is 3. The van der Waals surface area contributed by atoms with E-state index in [1.165, 1.54) is 0 Å². The molecule has 48 valence electrons. The van der Waals surface area contributed by atoms with Crippen LogP contribution in [0.4, 0.5) is 0 Å².